The molecule has 1 aromatic carbocycles. The molecule has 0 unspecified atom stereocenters. The van der Waals surface area contributed by atoms with Crippen LogP contribution in [-0.2, 0) is 13.0 Å². The van der Waals surface area contributed by atoms with E-state index in [1.165, 1.54) is 20.9 Å². The first-order valence-corrected chi connectivity index (χ1v) is 8.43. The van der Waals surface area contributed by atoms with Crippen LogP contribution < -0.4 is 0 Å². The van der Waals surface area contributed by atoms with E-state index in [1.807, 2.05) is 25.2 Å². The van der Waals surface area contributed by atoms with Crippen LogP contribution in [0.15, 0.2) is 18.2 Å². The van der Waals surface area contributed by atoms with Crippen LogP contribution in [0.1, 0.15) is 35.4 Å². The van der Waals surface area contributed by atoms with Gasteiger partial charge in [0.05, 0.1) is 0 Å². The monoisotopic (exact) mass is 301 g/mol. The van der Waals surface area contributed by atoms with E-state index in [-0.39, 0.29) is 0 Å². The van der Waals surface area contributed by atoms with Crippen molar-refractivity contribution in [3.63, 3.8) is 0 Å². The quantitative estimate of drug-likeness (QED) is 0.882. The highest BCUT2D eigenvalue weighted by atomic mass is 32.1. The Kier molecular flexibility index (Phi) is 3.80. The normalized spacial score (nSPS) is 15.5. The second-order valence-corrected chi connectivity index (χ2v) is 7.47. The molecule has 0 saturated carbocycles. The average Bonchev–Trinajstić information content (AvgIpc) is 2.86. The number of hydrogen-bond donors (Lipinski definition) is 1. The zero-order valence-corrected chi connectivity index (χ0v) is 14.0. The molecule has 0 aliphatic carbocycles. The Hall–Kier alpha value is -1.32. The number of benzene rings is 1. The molecule has 3 rings (SSSR count). The molecule has 3 heteroatoms. The molecule has 2 heterocycles. The number of phenols is 1. The van der Waals surface area contributed by atoms with Crippen LogP contribution in [0.2, 0.25) is 0 Å². The Balaban J connectivity index is 1.96. The Morgan fingerprint density at radius 1 is 1.14 bits per heavy atom. The number of fused-ring (bicyclic) bond motifs is 1. The summed E-state index contributed by atoms with van der Waals surface area (Å²) in [7, 11) is 0. The molecule has 1 aromatic heterocycles. The predicted octanol–water partition coefficient (Wildman–Crippen LogP) is 4.50. The van der Waals surface area contributed by atoms with E-state index in [4.69, 9.17) is 0 Å². The summed E-state index contributed by atoms with van der Waals surface area (Å²) in [5, 5.41) is 9.93. The highest BCUT2D eigenvalue weighted by Gasteiger charge is 2.21. The van der Waals surface area contributed by atoms with E-state index in [9.17, 15) is 5.11 Å². The lowest BCUT2D eigenvalue weighted by molar-refractivity contribution is 0.205. The number of thiophene rings is 1. The van der Waals surface area contributed by atoms with Gasteiger partial charge in [-0.1, -0.05) is 0 Å². The van der Waals surface area contributed by atoms with Crippen molar-refractivity contribution in [1.29, 1.82) is 0 Å². The van der Waals surface area contributed by atoms with Gasteiger partial charge in [-0.05, 0) is 74.6 Å². The van der Waals surface area contributed by atoms with E-state index in [0.717, 1.165) is 30.6 Å². The first kappa shape index (κ1) is 14.6. The zero-order valence-electron chi connectivity index (χ0n) is 13.2. The third-order valence-electron chi connectivity index (χ3n) is 4.40. The topological polar surface area (TPSA) is 23.5 Å². The molecule has 2 nitrogen and oxygen atoms in total. The van der Waals surface area contributed by atoms with Gasteiger partial charge >= 0.3 is 0 Å². The molecule has 0 saturated heterocycles. The Labute approximate surface area is 131 Å². The number of rotatable bonds is 2. The molecule has 0 radical (unpaired) electrons. The molecule has 0 amide bonds. The minimum atomic E-state index is 0.422. The Morgan fingerprint density at radius 3 is 2.43 bits per heavy atom. The summed E-state index contributed by atoms with van der Waals surface area (Å²) in [4.78, 5) is 5.40. The zero-order chi connectivity index (χ0) is 15.1. The van der Waals surface area contributed by atoms with Gasteiger partial charge in [0.1, 0.15) is 5.75 Å². The molecule has 21 heavy (non-hydrogen) atoms. The van der Waals surface area contributed by atoms with Crippen molar-refractivity contribution >= 4 is 11.3 Å². The van der Waals surface area contributed by atoms with Crippen molar-refractivity contribution in [2.75, 3.05) is 6.54 Å². The molecule has 0 fully saturated rings. The molecule has 1 aliphatic heterocycles. The molecule has 0 bridgehead atoms. The minimum absolute atomic E-state index is 0.422. The van der Waals surface area contributed by atoms with Gasteiger partial charge in [-0.3, -0.25) is 4.90 Å². The third kappa shape index (κ3) is 2.72. The molecule has 0 atom stereocenters. The van der Waals surface area contributed by atoms with Crippen LogP contribution in [0.5, 0.6) is 5.75 Å². The van der Waals surface area contributed by atoms with Crippen LogP contribution in [0.4, 0.5) is 0 Å². The van der Waals surface area contributed by atoms with Gasteiger partial charge in [0.25, 0.3) is 0 Å². The summed E-state index contributed by atoms with van der Waals surface area (Å²) < 4.78 is 0. The van der Waals surface area contributed by atoms with Crippen molar-refractivity contribution in [2.45, 2.75) is 46.7 Å². The Bertz CT molecular complexity index is 649. The van der Waals surface area contributed by atoms with Gasteiger partial charge < -0.3 is 5.11 Å². The SMILES string of the molecule is Cc1cc(-c2cc3c(s2)CCN(C(C)C)C3)cc(C)c1O. The van der Waals surface area contributed by atoms with E-state index >= 15 is 0 Å². The van der Waals surface area contributed by atoms with Crippen molar-refractivity contribution in [3.8, 4) is 16.2 Å². The van der Waals surface area contributed by atoms with Crippen LogP contribution in [0, 0.1) is 13.8 Å². The first-order valence-electron chi connectivity index (χ1n) is 7.62. The highest BCUT2D eigenvalue weighted by Crippen LogP contribution is 2.37. The number of nitrogens with zero attached hydrogens (tertiary/aromatic N) is 1. The highest BCUT2D eigenvalue weighted by molar-refractivity contribution is 7.15. The van der Waals surface area contributed by atoms with Crippen molar-refractivity contribution in [3.05, 3.63) is 39.8 Å². The van der Waals surface area contributed by atoms with E-state index < -0.39 is 0 Å². The summed E-state index contributed by atoms with van der Waals surface area (Å²) in [5.41, 5.74) is 4.64. The fourth-order valence-corrected chi connectivity index (χ4v) is 4.19. The molecule has 1 N–H and O–H groups in total. The minimum Gasteiger partial charge on any atom is -0.507 e. The first-order chi connectivity index (χ1) is 9.95. The summed E-state index contributed by atoms with van der Waals surface area (Å²) >= 11 is 1.92. The summed E-state index contributed by atoms with van der Waals surface area (Å²) in [5.74, 6) is 0.422. The van der Waals surface area contributed by atoms with Crippen LogP contribution >= 0.6 is 11.3 Å². The standard InChI is InChI=1S/C18H23NOS/c1-11(2)19-6-5-16-15(10-19)9-17(21-16)14-7-12(3)18(20)13(4)8-14/h7-9,11,20H,5-6,10H2,1-4H3. The molecular weight excluding hydrogens is 278 g/mol. The molecule has 2 aromatic rings. The van der Waals surface area contributed by atoms with Crippen LogP contribution in [0.3, 0.4) is 0 Å². The summed E-state index contributed by atoms with van der Waals surface area (Å²) in [6, 6.07) is 7.15. The molecule has 1 aliphatic rings. The Morgan fingerprint density at radius 2 is 1.81 bits per heavy atom. The maximum absolute atomic E-state index is 9.93. The third-order valence-corrected chi connectivity index (χ3v) is 5.69. The van der Waals surface area contributed by atoms with Gasteiger partial charge in [-0.2, -0.15) is 0 Å². The molecular formula is C18H23NOS. The lowest BCUT2D eigenvalue weighted by atomic mass is 10.0. The van der Waals surface area contributed by atoms with Gasteiger partial charge in [0.15, 0.2) is 0 Å². The van der Waals surface area contributed by atoms with E-state index in [2.05, 4.69) is 36.9 Å². The summed E-state index contributed by atoms with van der Waals surface area (Å²) in [6.07, 6.45) is 1.16. The maximum Gasteiger partial charge on any atom is 0.121 e. The number of aromatic hydroxyl groups is 1. The molecule has 0 spiro atoms. The van der Waals surface area contributed by atoms with E-state index in [1.54, 1.807) is 0 Å². The summed E-state index contributed by atoms with van der Waals surface area (Å²) in [6.45, 7) is 10.7. The fourth-order valence-electron chi connectivity index (χ4n) is 3.04. The largest absolute Gasteiger partial charge is 0.507 e. The number of hydrogen-bond acceptors (Lipinski definition) is 3. The second-order valence-electron chi connectivity index (χ2n) is 6.33. The van der Waals surface area contributed by atoms with Gasteiger partial charge in [0, 0.05) is 28.9 Å². The lowest BCUT2D eigenvalue weighted by Gasteiger charge is -2.30. The van der Waals surface area contributed by atoms with Crippen molar-refractivity contribution in [1.82, 2.24) is 4.90 Å². The average molecular weight is 301 g/mol. The van der Waals surface area contributed by atoms with Crippen LogP contribution in [0.25, 0.3) is 10.4 Å². The predicted molar refractivity (Wildman–Crippen MR) is 90.1 cm³/mol. The smallest absolute Gasteiger partial charge is 0.121 e. The maximum atomic E-state index is 9.93. The molecule has 112 valence electrons. The van der Waals surface area contributed by atoms with Crippen molar-refractivity contribution < 1.29 is 5.11 Å². The lowest BCUT2D eigenvalue weighted by Crippen LogP contribution is -2.35. The number of aryl methyl sites for hydroxylation is 2. The number of phenolic OH excluding ortho intramolecular Hbond substituents is 1. The van der Waals surface area contributed by atoms with Crippen LogP contribution in [-0.4, -0.2) is 22.6 Å². The second kappa shape index (κ2) is 5.47. The van der Waals surface area contributed by atoms with Gasteiger partial charge in [-0.15, -0.1) is 11.3 Å². The van der Waals surface area contributed by atoms with E-state index in [0.29, 0.717) is 11.8 Å². The fraction of sp³-hybridized carbons (Fsp3) is 0.444. The van der Waals surface area contributed by atoms with Gasteiger partial charge in [-0.25, -0.2) is 0 Å². The van der Waals surface area contributed by atoms with Gasteiger partial charge in [0.2, 0.25) is 0 Å². The van der Waals surface area contributed by atoms with Crippen molar-refractivity contribution in [2.24, 2.45) is 0 Å².